The average Bonchev–Trinajstić information content (AvgIpc) is 3.23. The zero-order chi connectivity index (χ0) is 16.5. The number of rotatable bonds is 3. The molecule has 2 aromatic carbocycles. The van der Waals surface area contributed by atoms with Gasteiger partial charge in [0.1, 0.15) is 5.69 Å². The van der Waals surface area contributed by atoms with Crippen molar-refractivity contribution in [3.05, 3.63) is 75.9 Å². The van der Waals surface area contributed by atoms with Crippen LogP contribution in [0.3, 0.4) is 0 Å². The molecule has 0 radical (unpaired) electrons. The summed E-state index contributed by atoms with van der Waals surface area (Å²) in [5, 5.41) is 10.2. The second kappa shape index (κ2) is 6.24. The molecule has 1 amide bonds. The molecule has 0 aliphatic heterocycles. The minimum atomic E-state index is -0.118. The number of benzene rings is 2. The van der Waals surface area contributed by atoms with Gasteiger partial charge in [-0.1, -0.05) is 52.3 Å². The van der Waals surface area contributed by atoms with Gasteiger partial charge in [-0.05, 0) is 42.2 Å². The topological polar surface area (TPSA) is 57.8 Å². The summed E-state index contributed by atoms with van der Waals surface area (Å²) >= 11 is 3.42. The van der Waals surface area contributed by atoms with Crippen molar-refractivity contribution in [3.8, 4) is 11.3 Å². The first kappa shape index (κ1) is 15.1. The molecule has 1 atom stereocenters. The maximum atomic E-state index is 12.5. The van der Waals surface area contributed by atoms with E-state index in [0.717, 1.165) is 28.6 Å². The molecule has 1 aromatic heterocycles. The number of aryl methyl sites for hydroxylation is 1. The van der Waals surface area contributed by atoms with Crippen LogP contribution in [0.4, 0.5) is 0 Å². The number of hydrogen-bond acceptors (Lipinski definition) is 2. The van der Waals surface area contributed by atoms with Crippen molar-refractivity contribution in [1.82, 2.24) is 15.5 Å². The molecule has 120 valence electrons. The lowest BCUT2D eigenvalue weighted by Gasteiger charge is -2.13. The van der Waals surface area contributed by atoms with Crippen LogP contribution in [-0.2, 0) is 6.42 Å². The fraction of sp³-hybridized carbons (Fsp3) is 0.158. The molecule has 0 bridgehead atoms. The zero-order valence-corrected chi connectivity index (χ0v) is 14.5. The van der Waals surface area contributed by atoms with Gasteiger partial charge in [0.05, 0.1) is 11.7 Å². The number of fused-ring (bicyclic) bond motifs is 1. The van der Waals surface area contributed by atoms with Gasteiger partial charge in [0.25, 0.3) is 5.91 Å². The highest BCUT2D eigenvalue weighted by atomic mass is 79.9. The van der Waals surface area contributed by atoms with Crippen LogP contribution in [0, 0.1) is 0 Å². The molecule has 5 heteroatoms. The molecule has 1 aliphatic carbocycles. The Hall–Kier alpha value is -2.40. The molecule has 0 saturated heterocycles. The summed E-state index contributed by atoms with van der Waals surface area (Å²) in [5.74, 6) is -0.118. The number of H-pyrrole nitrogens is 1. The highest BCUT2D eigenvalue weighted by Gasteiger charge is 2.24. The molecule has 4 rings (SSSR count). The molecule has 0 spiro atoms. The van der Waals surface area contributed by atoms with Crippen molar-refractivity contribution >= 4 is 21.8 Å². The van der Waals surface area contributed by atoms with Crippen LogP contribution in [0.1, 0.15) is 34.1 Å². The molecule has 4 nitrogen and oxygen atoms in total. The predicted octanol–water partition coefficient (Wildman–Crippen LogP) is 4.26. The van der Waals surface area contributed by atoms with Crippen molar-refractivity contribution in [1.29, 1.82) is 0 Å². The van der Waals surface area contributed by atoms with Gasteiger partial charge in [0.2, 0.25) is 0 Å². The summed E-state index contributed by atoms with van der Waals surface area (Å²) in [5.41, 5.74) is 4.76. The molecule has 3 aromatic rings. The molecule has 0 fully saturated rings. The predicted molar refractivity (Wildman–Crippen MR) is 96.7 cm³/mol. The zero-order valence-electron chi connectivity index (χ0n) is 12.9. The van der Waals surface area contributed by atoms with Crippen LogP contribution in [-0.4, -0.2) is 16.1 Å². The SMILES string of the molecule is O=C(N[C@@H]1CCc2ccccc21)c1cc(-c2ccc(Br)cc2)n[nH]1. The largest absolute Gasteiger partial charge is 0.344 e. The summed E-state index contributed by atoms with van der Waals surface area (Å²) < 4.78 is 1.01. The second-order valence-corrected chi connectivity index (χ2v) is 6.85. The Kier molecular flexibility index (Phi) is 3.94. The van der Waals surface area contributed by atoms with Crippen LogP contribution in [0.2, 0.25) is 0 Å². The van der Waals surface area contributed by atoms with Crippen LogP contribution in [0.15, 0.2) is 59.1 Å². The van der Waals surface area contributed by atoms with Crippen molar-refractivity contribution in [3.63, 3.8) is 0 Å². The molecule has 24 heavy (non-hydrogen) atoms. The van der Waals surface area contributed by atoms with Gasteiger partial charge in [0.15, 0.2) is 0 Å². The monoisotopic (exact) mass is 381 g/mol. The highest BCUT2D eigenvalue weighted by molar-refractivity contribution is 9.10. The summed E-state index contributed by atoms with van der Waals surface area (Å²) in [6.45, 7) is 0. The fourth-order valence-corrected chi connectivity index (χ4v) is 3.41. The van der Waals surface area contributed by atoms with Crippen LogP contribution in [0.25, 0.3) is 11.3 Å². The summed E-state index contributed by atoms with van der Waals surface area (Å²) in [4.78, 5) is 12.5. The smallest absolute Gasteiger partial charge is 0.269 e. The van der Waals surface area contributed by atoms with Gasteiger partial charge in [-0.15, -0.1) is 0 Å². The Balaban J connectivity index is 1.51. The Morgan fingerprint density at radius 2 is 1.96 bits per heavy atom. The van der Waals surface area contributed by atoms with Crippen LogP contribution in [0.5, 0.6) is 0 Å². The molecular formula is C19H16BrN3O. The Morgan fingerprint density at radius 1 is 1.17 bits per heavy atom. The maximum absolute atomic E-state index is 12.5. The standard InChI is InChI=1S/C19H16BrN3O/c20-14-8-5-13(6-9-14)17-11-18(23-22-17)19(24)21-16-10-7-12-3-1-2-4-15(12)16/h1-6,8-9,11,16H,7,10H2,(H,21,24)(H,22,23)/t16-/m1/s1. The van der Waals surface area contributed by atoms with Crippen molar-refractivity contribution in [2.24, 2.45) is 0 Å². The summed E-state index contributed by atoms with van der Waals surface area (Å²) in [7, 11) is 0. The normalized spacial score (nSPS) is 16.0. The lowest BCUT2D eigenvalue weighted by molar-refractivity contribution is 0.0931. The third-order valence-electron chi connectivity index (χ3n) is 4.40. The minimum absolute atomic E-state index is 0.0770. The average molecular weight is 382 g/mol. The number of carbonyl (C=O) groups is 1. The van der Waals surface area contributed by atoms with Crippen LogP contribution >= 0.6 is 15.9 Å². The highest BCUT2D eigenvalue weighted by Crippen LogP contribution is 2.31. The Labute approximate surface area is 148 Å². The van der Waals surface area contributed by atoms with E-state index < -0.39 is 0 Å². The van der Waals surface area contributed by atoms with Crippen molar-refractivity contribution < 1.29 is 4.79 Å². The van der Waals surface area contributed by atoms with E-state index in [1.54, 1.807) is 6.07 Å². The molecule has 0 saturated carbocycles. The Bertz CT molecular complexity index is 886. The number of hydrogen-bond donors (Lipinski definition) is 2. The molecule has 1 heterocycles. The van der Waals surface area contributed by atoms with E-state index in [-0.39, 0.29) is 11.9 Å². The number of nitrogens with zero attached hydrogens (tertiary/aromatic N) is 1. The first-order chi connectivity index (χ1) is 11.7. The van der Waals surface area contributed by atoms with E-state index in [1.165, 1.54) is 11.1 Å². The number of aromatic nitrogens is 2. The number of amides is 1. The van der Waals surface area contributed by atoms with Crippen LogP contribution < -0.4 is 5.32 Å². The maximum Gasteiger partial charge on any atom is 0.269 e. The van der Waals surface area contributed by atoms with Gasteiger partial charge in [-0.3, -0.25) is 9.89 Å². The number of halogens is 1. The number of aromatic amines is 1. The van der Waals surface area contributed by atoms with Gasteiger partial charge in [-0.2, -0.15) is 5.10 Å². The lowest BCUT2D eigenvalue weighted by atomic mass is 10.1. The summed E-state index contributed by atoms with van der Waals surface area (Å²) in [6, 6.07) is 18.0. The van der Waals surface area contributed by atoms with Gasteiger partial charge < -0.3 is 5.32 Å². The van der Waals surface area contributed by atoms with Gasteiger partial charge >= 0.3 is 0 Å². The second-order valence-electron chi connectivity index (χ2n) is 5.94. The molecular weight excluding hydrogens is 366 g/mol. The van der Waals surface area contributed by atoms with Crippen molar-refractivity contribution in [2.75, 3.05) is 0 Å². The lowest BCUT2D eigenvalue weighted by Crippen LogP contribution is -2.27. The number of nitrogens with one attached hydrogen (secondary N) is 2. The molecule has 1 aliphatic rings. The molecule has 0 unspecified atom stereocenters. The number of carbonyl (C=O) groups excluding carboxylic acids is 1. The van der Waals surface area contributed by atoms with E-state index in [2.05, 4.69) is 43.6 Å². The quantitative estimate of drug-likeness (QED) is 0.711. The van der Waals surface area contributed by atoms with E-state index in [9.17, 15) is 4.79 Å². The first-order valence-corrected chi connectivity index (χ1v) is 8.70. The molecule has 2 N–H and O–H groups in total. The van der Waals surface area contributed by atoms with Crippen molar-refractivity contribution in [2.45, 2.75) is 18.9 Å². The third-order valence-corrected chi connectivity index (χ3v) is 4.93. The van der Waals surface area contributed by atoms with E-state index in [0.29, 0.717) is 5.69 Å². The fourth-order valence-electron chi connectivity index (χ4n) is 3.15. The van der Waals surface area contributed by atoms with E-state index >= 15 is 0 Å². The van der Waals surface area contributed by atoms with Gasteiger partial charge in [-0.25, -0.2) is 0 Å². The van der Waals surface area contributed by atoms with E-state index in [4.69, 9.17) is 0 Å². The Morgan fingerprint density at radius 3 is 2.79 bits per heavy atom. The van der Waals surface area contributed by atoms with E-state index in [1.807, 2.05) is 36.4 Å². The third kappa shape index (κ3) is 2.87. The first-order valence-electron chi connectivity index (χ1n) is 7.91. The minimum Gasteiger partial charge on any atom is -0.344 e. The van der Waals surface area contributed by atoms with Gasteiger partial charge in [0, 0.05) is 10.0 Å². The summed E-state index contributed by atoms with van der Waals surface area (Å²) in [6.07, 6.45) is 1.95.